The Hall–Kier alpha value is -1.59. The van der Waals surface area contributed by atoms with E-state index in [2.05, 4.69) is 41.5 Å². The van der Waals surface area contributed by atoms with Crippen LogP contribution in [0.3, 0.4) is 0 Å². The topological polar surface area (TPSA) is 78.9 Å². The summed E-state index contributed by atoms with van der Waals surface area (Å²) in [4.78, 5) is 38.2. The maximum Gasteiger partial charge on any atom is 0.306 e. The summed E-state index contributed by atoms with van der Waals surface area (Å²) in [5.74, 6) is 1.71. The van der Waals surface area contributed by atoms with Gasteiger partial charge in [-0.15, -0.1) is 0 Å². The van der Waals surface area contributed by atoms with E-state index in [0.29, 0.717) is 19.3 Å². The highest BCUT2D eigenvalue weighted by atomic mass is 16.6. The fraction of sp³-hybridized carbons (Fsp3) is 0.951. The monoisotopic (exact) mass is 947 g/mol. The van der Waals surface area contributed by atoms with Gasteiger partial charge in [-0.2, -0.15) is 0 Å². The van der Waals surface area contributed by atoms with Gasteiger partial charge in [-0.3, -0.25) is 14.4 Å². The van der Waals surface area contributed by atoms with Crippen molar-refractivity contribution in [2.45, 2.75) is 343 Å². The molecule has 0 saturated carbocycles. The van der Waals surface area contributed by atoms with Crippen molar-refractivity contribution in [2.24, 2.45) is 17.8 Å². The van der Waals surface area contributed by atoms with E-state index >= 15 is 0 Å². The Balaban J connectivity index is 4.25. The molecule has 0 radical (unpaired) electrons. The molecule has 0 saturated heterocycles. The van der Waals surface area contributed by atoms with Gasteiger partial charge in [0, 0.05) is 19.3 Å². The Morgan fingerprint density at radius 2 is 0.522 bits per heavy atom. The largest absolute Gasteiger partial charge is 0.462 e. The summed E-state index contributed by atoms with van der Waals surface area (Å²) in [7, 11) is 0. The van der Waals surface area contributed by atoms with Crippen molar-refractivity contribution in [1.29, 1.82) is 0 Å². The van der Waals surface area contributed by atoms with Gasteiger partial charge in [-0.25, -0.2) is 0 Å². The maximum absolute atomic E-state index is 12.9. The summed E-state index contributed by atoms with van der Waals surface area (Å²) in [5.41, 5.74) is 0. The van der Waals surface area contributed by atoms with Crippen LogP contribution in [0.1, 0.15) is 337 Å². The third kappa shape index (κ3) is 53.6. The number of rotatable bonds is 54. The van der Waals surface area contributed by atoms with Gasteiger partial charge < -0.3 is 14.2 Å². The van der Waals surface area contributed by atoms with Gasteiger partial charge >= 0.3 is 17.9 Å². The average Bonchev–Trinajstić information content (AvgIpc) is 3.30. The molecule has 0 fully saturated rings. The van der Waals surface area contributed by atoms with Crippen molar-refractivity contribution < 1.29 is 28.6 Å². The van der Waals surface area contributed by atoms with Crippen molar-refractivity contribution in [2.75, 3.05) is 13.2 Å². The molecule has 0 bridgehead atoms. The minimum absolute atomic E-state index is 0.0636. The molecule has 0 N–H and O–H groups in total. The molecule has 0 aromatic heterocycles. The summed E-state index contributed by atoms with van der Waals surface area (Å²) >= 11 is 0. The molecule has 1 unspecified atom stereocenters. The molecule has 0 heterocycles. The van der Waals surface area contributed by atoms with Crippen LogP contribution in [-0.4, -0.2) is 37.2 Å². The number of hydrogen-bond donors (Lipinski definition) is 0. The lowest BCUT2D eigenvalue weighted by atomic mass is 9.99. The second-order valence-corrected chi connectivity index (χ2v) is 22.2. The van der Waals surface area contributed by atoms with E-state index in [1.54, 1.807) is 0 Å². The summed E-state index contributed by atoms with van der Waals surface area (Å²) in [6.07, 6.45) is 55.3. The van der Waals surface area contributed by atoms with Crippen LogP contribution in [0.5, 0.6) is 0 Å². The highest BCUT2D eigenvalue weighted by Crippen LogP contribution is 2.19. The van der Waals surface area contributed by atoms with Gasteiger partial charge in [0.2, 0.25) is 0 Å². The number of hydrogen-bond acceptors (Lipinski definition) is 6. The summed E-state index contributed by atoms with van der Waals surface area (Å²) in [5, 5.41) is 0. The summed E-state index contributed by atoms with van der Waals surface area (Å²) in [6, 6.07) is 0. The van der Waals surface area contributed by atoms with Crippen molar-refractivity contribution in [3.05, 3.63) is 0 Å². The molecule has 398 valence electrons. The Morgan fingerprint density at radius 3 is 0.776 bits per heavy atom. The molecule has 2 atom stereocenters. The van der Waals surface area contributed by atoms with E-state index in [-0.39, 0.29) is 31.1 Å². The molecule has 67 heavy (non-hydrogen) atoms. The molecule has 0 aromatic carbocycles. The smallest absolute Gasteiger partial charge is 0.306 e. The molecule has 0 aromatic rings. The van der Waals surface area contributed by atoms with Crippen molar-refractivity contribution >= 4 is 17.9 Å². The standard InChI is InChI=1S/C61H118O6/c1-7-57(6)49-43-37-31-25-19-14-12-10-8-9-11-13-15-21-27-34-40-46-52-61(64)67-58(54-66-60(63)51-45-39-33-28-22-24-30-36-42-48-56(4)5)53-65-59(62)50-44-38-32-26-20-17-16-18-23-29-35-41-47-55(2)3/h55-58H,7-54H2,1-6H3/t57?,58-/m1/s1. The fourth-order valence-corrected chi connectivity index (χ4v) is 9.32. The second kappa shape index (κ2) is 52.2. The molecule has 0 aliphatic carbocycles. The molecule has 0 amide bonds. The normalized spacial score (nSPS) is 12.5. The van der Waals surface area contributed by atoms with E-state index in [1.807, 2.05) is 0 Å². The first-order chi connectivity index (χ1) is 32.6. The van der Waals surface area contributed by atoms with Crippen LogP contribution in [-0.2, 0) is 28.6 Å². The summed E-state index contributed by atoms with van der Waals surface area (Å²) < 4.78 is 16.9. The molecule has 6 heteroatoms. The lowest BCUT2D eigenvalue weighted by Crippen LogP contribution is -2.30. The van der Waals surface area contributed by atoms with E-state index in [0.717, 1.165) is 75.5 Å². The summed E-state index contributed by atoms with van der Waals surface area (Å²) in [6.45, 7) is 13.8. The Labute approximate surface area is 418 Å². The van der Waals surface area contributed by atoms with Gasteiger partial charge in [-0.05, 0) is 37.0 Å². The van der Waals surface area contributed by atoms with Crippen molar-refractivity contribution in [1.82, 2.24) is 0 Å². The lowest BCUT2D eigenvalue weighted by Gasteiger charge is -2.18. The van der Waals surface area contributed by atoms with Crippen molar-refractivity contribution in [3.63, 3.8) is 0 Å². The van der Waals surface area contributed by atoms with E-state index in [1.165, 1.54) is 218 Å². The molecule has 0 rings (SSSR count). The molecular formula is C61H118O6. The zero-order valence-electron chi connectivity index (χ0n) is 46.2. The van der Waals surface area contributed by atoms with Gasteiger partial charge in [0.15, 0.2) is 6.10 Å². The highest BCUT2D eigenvalue weighted by molar-refractivity contribution is 5.71. The predicted octanol–water partition coefficient (Wildman–Crippen LogP) is 19.9. The third-order valence-electron chi connectivity index (χ3n) is 14.3. The molecular weight excluding hydrogens is 829 g/mol. The van der Waals surface area contributed by atoms with Crippen LogP contribution in [0.25, 0.3) is 0 Å². The number of ether oxygens (including phenoxy) is 3. The van der Waals surface area contributed by atoms with Crippen LogP contribution < -0.4 is 0 Å². The molecule has 6 nitrogen and oxygen atoms in total. The van der Waals surface area contributed by atoms with Crippen LogP contribution >= 0.6 is 0 Å². The van der Waals surface area contributed by atoms with Gasteiger partial charge in [0.1, 0.15) is 13.2 Å². The first kappa shape index (κ1) is 65.4. The van der Waals surface area contributed by atoms with Gasteiger partial charge in [0.05, 0.1) is 0 Å². The van der Waals surface area contributed by atoms with Crippen LogP contribution in [0.15, 0.2) is 0 Å². The van der Waals surface area contributed by atoms with E-state index < -0.39 is 6.10 Å². The average molecular weight is 948 g/mol. The third-order valence-corrected chi connectivity index (χ3v) is 14.3. The molecule has 0 spiro atoms. The minimum Gasteiger partial charge on any atom is -0.462 e. The SMILES string of the molecule is CCC(C)CCCCCCCCCCCCCCCCCCCCC(=O)O[C@H](COC(=O)CCCCCCCCCCCCCCC(C)C)COC(=O)CCCCCCCCCCCC(C)C. The Morgan fingerprint density at radius 1 is 0.299 bits per heavy atom. The first-order valence-corrected chi connectivity index (χ1v) is 30.1. The Kier molecular flexibility index (Phi) is 51.0. The predicted molar refractivity (Wildman–Crippen MR) is 289 cm³/mol. The number of carbonyl (C=O) groups excluding carboxylic acids is 3. The van der Waals surface area contributed by atoms with Gasteiger partial charge in [0.25, 0.3) is 0 Å². The Bertz CT molecular complexity index is 1040. The van der Waals surface area contributed by atoms with Crippen LogP contribution in [0.2, 0.25) is 0 Å². The number of carbonyl (C=O) groups is 3. The second-order valence-electron chi connectivity index (χ2n) is 22.2. The van der Waals surface area contributed by atoms with Gasteiger partial charge in [-0.1, -0.05) is 298 Å². The zero-order valence-corrected chi connectivity index (χ0v) is 46.2. The fourth-order valence-electron chi connectivity index (χ4n) is 9.32. The number of esters is 3. The lowest BCUT2D eigenvalue weighted by molar-refractivity contribution is -0.167. The minimum atomic E-state index is -0.764. The van der Waals surface area contributed by atoms with Crippen molar-refractivity contribution in [3.8, 4) is 0 Å². The van der Waals surface area contributed by atoms with E-state index in [9.17, 15) is 14.4 Å². The zero-order chi connectivity index (χ0) is 49.1. The van der Waals surface area contributed by atoms with Crippen LogP contribution in [0, 0.1) is 17.8 Å². The highest BCUT2D eigenvalue weighted by Gasteiger charge is 2.19. The maximum atomic E-state index is 12.9. The van der Waals surface area contributed by atoms with Crippen LogP contribution in [0.4, 0.5) is 0 Å². The molecule has 0 aliphatic heterocycles. The van der Waals surface area contributed by atoms with E-state index in [4.69, 9.17) is 14.2 Å². The molecule has 0 aliphatic rings. The quantitative estimate of drug-likeness (QED) is 0.0343. The number of unbranched alkanes of at least 4 members (excludes halogenated alkanes) is 36. The first-order valence-electron chi connectivity index (χ1n) is 30.1.